The molecule has 1 aromatic heterocycles. The van der Waals surface area contributed by atoms with Crippen LogP contribution < -0.4 is 10.2 Å². The van der Waals surface area contributed by atoms with Crippen molar-refractivity contribution in [1.82, 2.24) is 15.3 Å². The molecule has 1 N–H and O–H groups in total. The molecule has 2 aliphatic rings. The van der Waals surface area contributed by atoms with Crippen LogP contribution in [0.5, 0.6) is 0 Å². The fourth-order valence-electron chi connectivity index (χ4n) is 3.16. The van der Waals surface area contributed by atoms with Crippen molar-refractivity contribution in [2.24, 2.45) is 0 Å². The summed E-state index contributed by atoms with van der Waals surface area (Å²) >= 11 is 0. The zero-order chi connectivity index (χ0) is 13.2. The van der Waals surface area contributed by atoms with Crippen molar-refractivity contribution in [1.29, 1.82) is 0 Å². The van der Waals surface area contributed by atoms with Crippen molar-refractivity contribution in [3.63, 3.8) is 0 Å². The number of aromatic nitrogens is 2. The van der Waals surface area contributed by atoms with E-state index in [0.29, 0.717) is 12.1 Å². The van der Waals surface area contributed by atoms with Crippen LogP contribution in [0.3, 0.4) is 0 Å². The van der Waals surface area contributed by atoms with Gasteiger partial charge in [-0.25, -0.2) is 9.97 Å². The van der Waals surface area contributed by atoms with Crippen LogP contribution in [-0.4, -0.2) is 42.3 Å². The molecule has 0 bridgehead atoms. The fraction of sp³-hybridized carbons (Fsp3) is 0.714. The molecule has 19 heavy (non-hydrogen) atoms. The number of nitrogens with one attached hydrogen (secondary N) is 1. The summed E-state index contributed by atoms with van der Waals surface area (Å²) in [4.78, 5) is 11.4. The van der Waals surface area contributed by atoms with E-state index >= 15 is 0 Å². The highest BCUT2D eigenvalue weighted by Crippen LogP contribution is 2.29. The highest BCUT2D eigenvalue weighted by molar-refractivity contribution is 5.50. The third-order valence-electron chi connectivity index (χ3n) is 4.29. The zero-order valence-electron chi connectivity index (χ0n) is 11.7. The Morgan fingerprint density at radius 1 is 1.42 bits per heavy atom. The lowest BCUT2D eigenvalue weighted by atomic mass is 9.99. The van der Waals surface area contributed by atoms with Gasteiger partial charge in [-0.05, 0) is 19.8 Å². The highest BCUT2D eigenvalue weighted by atomic mass is 16.5. The van der Waals surface area contributed by atoms with Crippen molar-refractivity contribution in [2.45, 2.75) is 44.9 Å². The summed E-state index contributed by atoms with van der Waals surface area (Å²) in [6.45, 7) is 5.19. The molecule has 2 aliphatic heterocycles. The van der Waals surface area contributed by atoms with Gasteiger partial charge < -0.3 is 15.0 Å². The Morgan fingerprint density at radius 3 is 3.11 bits per heavy atom. The first-order valence-electron chi connectivity index (χ1n) is 7.12. The molecule has 1 saturated heterocycles. The van der Waals surface area contributed by atoms with Gasteiger partial charge >= 0.3 is 0 Å². The lowest BCUT2D eigenvalue weighted by Gasteiger charge is -2.39. The third-order valence-corrected chi connectivity index (χ3v) is 4.29. The number of ether oxygens (including phenoxy) is 1. The maximum Gasteiger partial charge on any atom is 0.136 e. The Bertz CT molecular complexity index is 451. The van der Waals surface area contributed by atoms with Crippen LogP contribution in [0.15, 0.2) is 6.33 Å². The molecular formula is C14H22N4O. The second kappa shape index (κ2) is 5.43. The lowest BCUT2D eigenvalue weighted by molar-refractivity contribution is 0.0719. The summed E-state index contributed by atoms with van der Waals surface area (Å²) in [5, 5.41) is 3.42. The lowest BCUT2D eigenvalue weighted by Crippen LogP contribution is -2.44. The first kappa shape index (κ1) is 12.8. The van der Waals surface area contributed by atoms with Gasteiger partial charge in [-0.1, -0.05) is 0 Å². The number of hydrogen-bond donors (Lipinski definition) is 1. The van der Waals surface area contributed by atoms with E-state index in [0.717, 1.165) is 44.7 Å². The molecule has 0 unspecified atom stereocenters. The van der Waals surface area contributed by atoms with Gasteiger partial charge in [0.05, 0.1) is 11.8 Å². The molecular weight excluding hydrogens is 240 g/mol. The molecule has 5 heteroatoms. The first-order chi connectivity index (χ1) is 9.29. The van der Waals surface area contributed by atoms with Crippen molar-refractivity contribution >= 4 is 5.82 Å². The Balaban J connectivity index is 1.86. The van der Waals surface area contributed by atoms with Crippen LogP contribution in [0.4, 0.5) is 5.82 Å². The molecule has 0 radical (unpaired) electrons. The second-order valence-corrected chi connectivity index (χ2v) is 5.47. The van der Waals surface area contributed by atoms with Crippen LogP contribution in [0.1, 0.15) is 31.0 Å². The number of piperidine rings is 1. The van der Waals surface area contributed by atoms with Gasteiger partial charge in [-0.15, -0.1) is 0 Å². The number of methoxy groups -OCH3 is 1. The maximum absolute atomic E-state index is 5.49. The summed E-state index contributed by atoms with van der Waals surface area (Å²) < 4.78 is 5.49. The Labute approximate surface area is 114 Å². The SMILES string of the molecule is CO[C@@H]1CCN(c2ncnc3c2CNCC3)[C@H](C)C1. The zero-order valence-corrected chi connectivity index (χ0v) is 11.7. The molecule has 1 fully saturated rings. The average Bonchev–Trinajstić information content (AvgIpc) is 2.46. The van der Waals surface area contributed by atoms with Gasteiger partial charge in [-0.2, -0.15) is 0 Å². The van der Waals surface area contributed by atoms with E-state index in [-0.39, 0.29) is 0 Å². The number of anilines is 1. The Kier molecular flexibility index (Phi) is 3.66. The first-order valence-corrected chi connectivity index (χ1v) is 7.12. The normalized spacial score (nSPS) is 27.2. The van der Waals surface area contributed by atoms with E-state index < -0.39 is 0 Å². The van der Waals surface area contributed by atoms with Gasteiger partial charge in [-0.3, -0.25) is 0 Å². The summed E-state index contributed by atoms with van der Waals surface area (Å²) in [6.07, 6.45) is 5.26. The molecule has 0 spiro atoms. The molecule has 104 valence electrons. The van der Waals surface area contributed by atoms with Crippen LogP contribution >= 0.6 is 0 Å². The molecule has 1 aromatic rings. The van der Waals surface area contributed by atoms with Crippen molar-refractivity contribution in [2.75, 3.05) is 25.1 Å². The van der Waals surface area contributed by atoms with Crippen LogP contribution in [0, 0.1) is 0 Å². The highest BCUT2D eigenvalue weighted by Gasteiger charge is 2.29. The Morgan fingerprint density at radius 2 is 2.32 bits per heavy atom. The minimum Gasteiger partial charge on any atom is -0.381 e. The number of fused-ring (bicyclic) bond motifs is 1. The monoisotopic (exact) mass is 262 g/mol. The molecule has 3 heterocycles. The van der Waals surface area contributed by atoms with E-state index in [4.69, 9.17) is 4.74 Å². The summed E-state index contributed by atoms with van der Waals surface area (Å²) in [5.74, 6) is 1.12. The topological polar surface area (TPSA) is 50.3 Å². The summed E-state index contributed by atoms with van der Waals surface area (Å²) in [7, 11) is 1.81. The number of nitrogens with zero attached hydrogens (tertiary/aromatic N) is 3. The quantitative estimate of drug-likeness (QED) is 0.866. The average molecular weight is 262 g/mol. The largest absolute Gasteiger partial charge is 0.381 e. The predicted molar refractivity (Wildman–Crippen MR) is 74.3 cm³/mol. The number of hydrogen-bond acceptors (Lipinski definition) is 5. The van der Waals surface area contributed by atoms with Crippen molar-refractivity contribution < 1.29 is 4.74 Å². The summed E-state index contributed by atoms with van der Waals surface area (Å²) in [5.41, 5.74) is 2.50. The molecule has 0 aliphatic carbocycles. The molecule has 2 atom stereocenters. The van der Waals surface area contributed by atoms with Gasteiger partial charge in [0.2, 0.25) is 0 Å². The molecule has 0 saturated carbocycles. The molecule has 0 aromatic carbocycles. The van der Waals surface area contributed by atoms with E-state index in [2.05, 4.69) is 27.1 Å². The predicted octanol–water partition coefficient (Wildman–Crippen LogP) is 1.13. The third kappa shape index (κ3) is 2.44. The molecule has 3 rings (SSSR count). The molecule has 5 nitrogen and oxygen atoms in total. The van der Waals surface area contributed by atoms with Crippen molar-refractivity contribution in [3.05, 3.63) is 17.6 Å². The van der Waals surface area contributed by atoms with Gasteiger partial charge in [0.1, 0.15) is 12.1 Å². The number of rotatable bonds is 2. The fourth-order valence-corrected chi connectivity index (χ4v) is 3.16. The van der Waals surface area contributed by atoms with Gasteiger partial charge in [0, 0.05) is 44.8 Å². The minimum absolute atomic E-state index is 0.391. The van der Waals surface area contributed by atoms with Gasteiger partial charge in [0.15, 0.2) is 0 Å². The maximum atomic E-state index is 5.49. The smallest absolute Gasteiger partial charge is 0.136 e. The second-order valence-electron chi connectivity index (χ2n) is 5.47. The Hall–Kier alpha value is -1.20. The van der Waals surface area contributed by atoms with E-state index in [9.17, 15) is 0 Å². The van der Waals surface area contributed by atoms with E-state index in [1.165, 1.54) is 11.3 Å². The van der Waals surface area contributed by atoms with Crippen LogP contribution in [0.25, 0.3) is 0 Å². The standard InChI is InChI=1S/C14H22N4O/c1-10-7-11(19-2)4-6-18(10)14-12-8-15-5-3-13(12)16-9-17-14/h9-11,15H,3-8H2,1-2H3/t10-,11-/m1/s1. The van der Waals surface area contributed by atoms with E-state index in [1.54, 1.807) is 6.33 Å². The molecule has 0 amide bonds. The summed E-state index contributed by atoms with van der Waals surface area (Å²) in [6, 6.07) is 0.472. The van der Waals surface area contributed by atoms with Gasteiger partial charge in [0.25, 0.3) is 0 Å². The van der Waals surface area contributed by atoms with Crippen LogP contribution in [-0.2, 0) is 17.7 Å². The van der Waals surface area contributed by atoms with E-state index in [1.807, 2.05) is 7.11 Å². The van der Waals surface area contributed by atoms with Crippen molar-refractivity contribution in [3.8, 4) is 0 Å². The van der Waals surface area contributed by atoms with Crippen LogP contribution in [0.2, 0.25) is 0 Å². The minimum atomic E-state index is 0.391.